The second-order valence-corrected chi connectivity index (χ2v) is 25.6. The first-order valence-corrected chi connectivity index (χ1v) is 33.4. The summed E-state index contributed by atoms with van der Waals surface area (Å²) in [6, 6.07) is -3.23. The van der Waals surface area contributed by atoms with E-state index in [1.807, 2.05) is 55.4 Å². The molecule has 0 aromatic heterocycles. The van der Waals surface area contributed by atoms with Crippen molar-refractivity contribution < 1.29 is 57.8 Å². The normalized spacial score (nSPS) is 15.3. The molecule has 0 bridgehead atoms. The minimum atomic E-state index is -1.30. The summed E-state index contributed by atoms with van der Waals surface area (Å²) in [6.07, 6.45) is 5.34. The summed E-state index contributed by atoms with van der Waals surface area (Å²) in [5.74, 6) is -9.47. The van der Waals surface area contributed by atoms with Crippen LogP contribution in [0, 0.1) is 29.6 Å². The van der Waals surface area contributed by atoms with Crippen molar-refractivity contribution in [2.75, 3.05) is 32.7 Å². The fraction of sp³-hybridized carbons (Fsp3) is 0.738. The van der Waals surface area contributed by atoms with Gasteiger partial charge in [-0.1, -0.05) is 112 Å². The Hall–Kier alpha value is -6.81. The Kier molecular flexibility index (Phi) is 41.9. The number of rotatable bonds is 49. The van der Waals surface area contributed by atoms with Crippen LogP contribution in [-0.4, -0.2) is 163 Å². The van der Waals surface area contributed by atoms with Gasteiger partial charge in [0.15, 0.2) is 0 Å². The van der Waals surface area contributed by atoms with E-state index in [0.717, 1.165) is 0 Å². The topological polar surface area (TPSA) is 458 Å². The third kappa shape index (κ3) is 32.7. The lowest BCUT2D eigenvalue weighted by molar-refractivity contribution is -0.143. The first kappa shape index (κ1) is 83.2. The summed E-state index contributed by atoms with van der Waals surface area (Å²) in [7, 11) is 0. The van der Waals surface area contributed by atoms with Crippen molar-refractivity contribution in [1.82, 2.24) is 53.2 Å². The number of nitrogens with two attached hydrogens (primary N) is 5. The molecule has 27 nitrogen and oxygen atoms in total. The maximum atomic E-state index is 14.7. The number of carbonyl (C=O) groups is 11. The van der Waals surface area contributed by atoms with Gasteiger partial charge in [-0.25, -0.2) is 4.79 Å². The Morgan fingerprint density at radius 3 is 0.967 bits per heavy atom. The number of carboxylic acids is 1. The molecule has 27 heteroatoms. The first-order valence-electron chi connectivity index (χ1n) is 33.4. The van der Waals surface area contributed by atoms with E-state index in [1.165, 1.54) is 0 Å². The number of nitrogens with one attached hydrogen (secondary N) is 10. The number of hydrogen-bond donors (Lipinski definition) is 16. The van der Waals surface area contributed by atoms with E-state index in [-0.39, 0.29) is 88.8 Å². The van der Waals surface area contributed by atoms with Crippen LogP contribution in [0.1, 0.15) is 184 Å². The van der Waals surface area contributed by atoms with Gasteiger partial charge in [0.1, 0.15) is 60.4 Å². The van der Waals surface area contributed by atoms with Crippen LogP contribution >= 0.6 is 0 Å². The Morgan fingerprint density at radius 1 is 0.359 bits per heavy atom. The molecule has 92 heavy (non-hydrogen) atoms. The molecule has 0 aliphatic heterocycles. The molecule has 10 amide bonds. The van der Waals surface area contributed by atoms with Crippen molar-refractivity contribution >= 4 is 65.0 Å². The summed E-state index contributed by atoms with van der Waals surface area (Å²) in [5, 5.41) is 37.6. The van der Waals surface area contributed by atoms with Gasteiger partial charge in [0.05, 0.1) is 6.54 Å². The average Bonchev–Trinajstić information content (AvgIpc) is 1.16. The van der Waals surface area contributed by atoms with Crippen LogP contribution in [0.4, 0.5) is 0 Å². The van der Waals surface area contributed by atoms with Gasteiger partial charge in [0.2, 0.25) is 59.1 Å². The van der Waals surface area contributed by atoms with Gasteiger partial charge in [-0.3, -0.25) is 47.9 Å². The molecule has 0 fully saturated rings. The summed E-state index contributed by atoms with van der Waals surface area (Å²) >= 11 is 0. The Bertz CT molecular complexity index is 2420. The van der Waals surface area contributed by atoms with Crippen molar-refractivity contribution in [1.29, 1.82) is 0 Å². The van der Waals surface area contributed by atoms with Crippen LogP contribution in [0.25, 0.3) is 0 Å². The van der Waals surface area contributed by atoms with E-state index in [9.17, 15) is 57.8 Å². The lowest BCUT2D eigenvalue weighted by Gasteiger charge is -2.31. The molecule has 0 radical (unpaired) electrons. The fourth-order valence-corrected chi connectivity index (χ4v) is 10.3. The number of carboxylic acid groups (broad SMARTS) is 1. The number of amides is 10. The lowest BCUT2D eigenvalue weighted by Crippen LogP contribution is -2.61. The van der Waals surface area contributed by atoms with E-state index in [0.29, 0.717) is 82.9 Å². The van der Waals surface area contributed by atoms with Crippen molar-refractivity contribution in [3.63, 3.8) is 0 Å². The van der Waals surface area contributed by atoms with E-state index >= 15 is 0 Å². The van der Waals surface area contributed by atoms with Crippen molar-refractivity contribution in [2.45, 2.75) is 245 Å². The molecule has 12 atom stereocenters. The minimum absolute atomic E-state index is 0.0324. The standard InChI is InChI=1S/C65H117N15O12/c1-11-42(9)54(63(89)77-50(35-40(5)6)60(86)74-48(29-19-23-33-69)59(85)80-55(43(10)12-2)64(90)78-52(65(91)92)36-41(7)8)79-58(84)47(28-18-22-32-68)72-57(83)46(27-17-21-31-67)73-62(88)51(37-44-24-14-13-15-25-44)76-61(87)49(34-39(3)4)75-56(82)45(26-16-20-30-66)71-53(81)38-70/h13-15,24-25,39-43,45-52,54-55H,11-12,16-23,26-38,66-70H2,1-10H3,(H,71,81)(H,72,83)(H,73,88)(H,74,86)(H,75,82)(H,76,87)(H,77,89)(H,78,90)(H,79,84)(H,80,85)(H,91,92)/t42-,43-,45-,46-,47-,48-,49-,50-,51-,52-,54-,55-/m0/s1. The molecule has 0 saturated heterocycles. The number of benzene rings is 1. The maximum absolute atomic E-state index is 14.7. The van der Waals surface area contributed by atoms with Gasteiger partial charge in [-0.05, 0) is 158 Å². The Morgan fingerprint density at radius 2 is 0.641 bits per heavy atom. The molecule has 524 valence electrons. The van der Waals surface area contributed by atoms with Crippen LogP contribution in [-0.2, 0) is 59.2 Å². The van der Waals surface area contributed by atoms with Crippen LogP contribution in [0.15, 0.2) is 30.3 Å². The monoisotopic (exact) mass is 1300 g/mol. The van der Waals surface area contributed by atoms with Gasteiger partial charge < -0.3 is 86.9 Å². The van der Waals surface area contributed by atoms with Crippen molar-refractivity contribution in [3.05, 3.63) is 35.9 Å². The van der Waals surface area contributed by atoms with Gasteiger partial charge in [0, 0.05) is 6.42 Å². The zero-order valence-corrected chi connectivity index (χ0v) is 56.6. The zero-order valence-electron chi connectivity index (χ0n) is 56.6. The van der Waals surface area contributed by atoms with Gasteiger partial charge in [-0.2, -0.15) is 0 Å². The van der Waals surface area contributed by atoms with Gasteiger partial charge in [0.25, 0.3) is 0 Å². The summed E-state index contributed by atoms with van der Waals surface area (Å²) in [6.45, 7) is 19.0. The molecule has 0 aliphatic carbocycles. The predicted octanol–water partition coefficient (Wildman–Crippen LogP) is 0.867. The number of unbranched alkanes of at least 4 members (excludes halogenated alkanes) is 4. The van der Waals surface area contributed by atoms with E-state index in [2.05, 4.69) is 53.2 Å². The smallest absolute Gasteiger partial charge is 0.326 e. The molecular formula is C65H117N15O12. The number of carbonyl (C=O) groups excluding carboxylic acids is 10. The highest BCUT2D eigenvalue weighted by Crippen LogP contribution is 2.17. The first-order chi connectivity index (χ1) is 43.6. The quantitative estimate of drug-likeness (QED) is 0.0402. The van der Waals surface area contributed by atoms with E-state index in [4.69, 9.17) is 28.7 Å². The SMILES string of the molecule is CC[C@H](C)[C@H](NC(=O)[C@H](CCCCN)NC(=O)[C@H](CC(C)C)NC(=O)[C@@H](NC(=O)[C@H](CCCCN)NC(=O)[C@H](CCCCN)NC(=O)[C@H](Cc1ccccc1)NC(=O)[C@H](CC(C)C)NC(=O)[C@H](CCCCN)NC(=O)CN)[C@@H](C)CC)C(=O)N[C@@H](CC(C)C)C(=O)O. The van der Waals surface area contributed by atoms with Gasteiger partial charge >= 0.3 is 5.97 Å². The molecule has 1 rings (SSSR count). The summed E-state index contributed by atoms with van der Waals surface area (Å²) < 4.78 is 0. The van der Waals surface area contributed by atoms with Crippen LogP contribution < -0.4 is 81.8 Å². The average molecular weight is 1300 g/mol. The molecule has 0 aliphatic rings. The highest BCUT2D eigenvalue weighted by Gasteiger charge is 2.38. The zero-order chi connectivity index (χ0) is 69.5. The lowest BCUT2D eigenvalue weighted by atomic mass is 9.95. The second-order valence-electron chi connectivity index (χ2n) is 25.6. The Balaban J connectivity index is 3.71. The molecule has 0 saturated carbocycles. The minimum Gasteiger partial charge on any atom is -0.480 e. The number of aliphatic carboxylic acids is 1. The molecule has 1 aromatic rings. The van der Waals surface area contributed by atoms with Gasteiger partial charge in [-0.15, -0.1) is 0 Å². The molecule has 21 N–H and O–H groups in total. The third-order valence-electron chi connectivity index (χ3n) is 16.0. The molecule has 0 heterocycles. The van der Waals surface area contributed by atoms with Crippen molar-refractivity contribution in [3.8, 4) is 0 Å². The second kappa shape index (κ2) is 46.3. The summed E-state index contributed by atoms with van der Waals surface area (Å²) in [5.41, 5.74) is 29.5. The highest BCUT2D eigenvalue weighted by atomic mass is 16.4. The van der Waals surface area contributed by atoms with Crippen LogP contribution in [0.5, 0.6) is 0 Å². The fourth-order valence-electron chi connectivity index (χ4n) is 10.3. The van der Waals surface area contributed by atoms with Crippen molar-refractivity contribution in [2.24, 2.45) is 58.3 Å². The van der Waals surface area contributed by atoms with Crippen LogP contribution in [0.2, 0.25) is 0 Å². The summed E-state index contributed by atoms with van der Waals surface area (Å²) in [4.78, 5) is 154. The third-order valence-corrected chi connectivity index (χ3v) is 16.0. The van der Waals surface area contributed by atoms with E-state index < -0.39 is 137 Å². The molecule has 0 unspecified atom stereocenters. The largest absolute Gasteiger partial charge is 0.480 e. The Labute approximate surface area is 546 Å². The predicted molar refractivity (Wildman–Crippen MR) is 355 cm³/mol. The highest BCUT2D eigenvalue weighted by molar-refractivity contribution is 5.99. The van der Waals surface area contributed by atoms with E-state index in [1.54, 1.807) is 44.2 Å². The molecule has 0 spiro atoms. The maximum Gasteiger partial charge on any atom is 0.326 e. The molecular weight excluding hydrogens is 1180 g/mol. The molecule has 1 aromatic carbocycles. The van der Waals surface area contributed by atoms with Crippen LogP contribution in [0.3, 0.4) is 0 Å². The number of hydrogen-bond acceptors (Lipinski definition) is 16.